The molecule has 0 aliphatic rings. The fourth-order valence-corrected chi connectivity index (χ4v) is 1.74. The molecule has 0 saturated heterocycles. The van der Waals surface area contributed by atoms with Gasteiger partial charge in [0.05, 0.1) is 18.5 Å². The molecule has 0 aliphatic heterocycles. The predicted octanol–water partition coefficient (Wildman–Crippen LogP) is 2.37. The number of carbonyl (C=O) groups is 1. The summed E-state index contributed by atoms with van der Waals surface area (Å²) in [5.74, 6) is -1.28. The van der Waals surface area contributed by atoms with Crippen molar-refractivity contribution in [3.8, 4) is 11.5 Å². The van der Waals surface area contributed by atoms with Crippen LogP contribution in [0.1, 0.15) is 10.4 Å². The molecule has 104 valence electrons. The summed E-state index contributed by atoms with van der Waals surface area (Å²) in [5.41, 5.74) is 5.90. The molecule has 1 amide bonds. The Kier molecular flexibility index (Phi) is 3.74. The first kappa shape index (κ1) is 13.7. The Labute approximate surface area is 114 Å². The highest BCUT2D eigenvalue weighted by Gasteiger charge is 2.18. The molecule has 4 N–H and O–H groups in total. The Bertz CT molecular complexity index is 659. The van der Waals surface area contributed by atoms with Gasteiger partial charge in [0, 0.05) is 6.07 Å². The Morgan fingerprint density at radius 1 is 1.35 bits per heavy atom. The number of nitrogens with two attached hydrogens (primary N) is 1. The number of amides is 1. The number of halogens is 1. The molecular formula is C14H13FN2O3. The summed E-state index contributed by atoms with van der Waals surface area (Å²) in [6, 6.07) is 8.17. The second-order valence-corrected chi connectivity index (χ2v) is 4.04. The van der Waals surface area contributed by atoms with Crippen molar-refractivity contribution < 1.29 is 19.0 Å². The maximum atomic E-state index is 13.7. The first-order valence-corrected chi connectivity index (χ1v) is 5.75. The number of hydrogen-bond donors (Lipinski definition) is 3. The van der Waals surface area contributed by atoms with Crippen LogP contribution in [-0.2, 0) is 0 Å². The minimum absolute atomic E-state index is 0.0241. The SMILES string of the molecule is COc1cccc(F)c1C(=O)Nc1ccc(O)cc1N. The second kappa shape index (κ2) is 5.48. The molecule has 0 radical (unpaired) electrons. The minimum Gasteiger partial charge on any atom is -0.508 e. The lowest BCUT2D eigenvalue weighted by Crippen LogP contribution is -2.16. The molecule has 5 nitrogen and oxygen atoms in total. The quantitative estimate of drug-likeness (QED) is 0.593. The summed E-state index contributed by atoms with van der Waals surface area (Å²) in [6.45, 7) is 0. The van der Waals surface area contributed by atoms with E-state index in [-0.39, 0.29) is 28.4 Å². The number of ether oxygens (including phenoxy) is 1. The van der Waals surface area contributed by atoms with E-state index in [2.05, 4.69) is 5.32 Å². The third kappa shape index (κ3) is 2.64. The van der Waals surface area contributed by atoms with Crippen molar-refractivity contribution in [2.75, 3.05) is 18.2 Å². The van der Waals surface area contributed by atoms with Gasteiger partial charge in [0.2, 0.25) is 0 Å². The summed E-state index contributed by atoms with van der Waals surface area (Å²) in [6.07, 6.45) is 0. The number of anilines is 2. The number of benzene rings is 2. The maximum Gasteiger partial charge on any atom is 0.262 e. The number of rotatable bonds is 3. The molecule has 0 spiro atoms. The van der Waals surface area contributed by atoms with Crippen LogP contribution in [0.5, 0.6) is 11.5 Å². The third-order valence-electron chi connectivity index (χ3n) is 2.71. The number of nitrogens with one attached hydrogen (secondary N) is 1. The van der Waals surface area contributed by atoms with Crippen molar-refractivity contribution >= 4 is 17.3 Å². The molecule has 0 unspecified atom stereocenters. The maximum absolute atomic E-state index is 13.7. The van der Waals surface area contributed by atoms with E-state index in [9.17, 15) is 14.3 Å². The molecule has 6 heteroatoms. The van der Waals surface area contributed by atoms with E-state index >= 15 is 0 Å². The van der Waals surface area contributed by atoms with Crippen LogP contribution in [0.25, 0.3) is 0 Å². The molecule has 2 rings (SSSR count). The fraction of sp³-hybridized carbons (Fsp3) is 0.0714. The van der Waals surface area contributed by atoms with Gasteiger partial charge >= 0.3 is 0 Å². The molecule has 2 aromatic carbocycles. The van der Waals surface area contributed by atoms with Crippen LogP contribution in [0, 0.1) is 5.82 Å². The summed E-state index contributed by atoms with van der Waals surface area (Å²) in [4.78, 5) is 12.1. The molecule has 0 saturated carbocycles. The van der Waals surface area contributed by atoms with Gasteiger partial charge in [-0.25, -0.2) is 4.39 Å². The Morgan fingerprint density at radius 2 is 2.10 bits per heavy atom. The smallest absolute Gasteiger partial charge is 0.262 e. The van der Waals surface area contributed by atoms with E-state index in [1.165, 1.54) is 37.4 Å². The number of aromatic hydroxyl groups is 1. The van der Waals surface area contributed by atoms with Crippen LogP contribution in [0.3, 0.4) is 0 Å². The lowest BCUT2D eigenvalue weighted by atomic mass is 10.1. The normalized spacial score (nSPS) is 10.1. The van der Waals surface area contributed by atoms with Crippen LogP contribution < -0.4 is 15.8 Å². The zero-order valence-corrected chi connectivity index (χ0v) is 10.7. The predicted molar refractivity (Wildman–Crippen MR) is 73.4 cm³/mol. The van der Waals surface area contributed by atoms with E-state index in [0.29, 0.717) is 0 Å². The molecule has 0 bridgehead atoms. The monoisotopic (exact) mass is 276 g/mol. The Hall–Kier alpha value is -2.76. The number of hydrogen-bond acceptors (Lipinski definition) is 4. The van der Waals surface area contributed by atoms with E-state index in [1.807, 2.05) is 0 Å². The highest BCUT2D eigenvalue weighted by molar-refractivity contribution is 6.07. The largest absolute Gasteiger partial charge is 0.508 e. The number of phenolic OH excluding ortho intramolecular Hbond substituents is 1. The van der Waals surface area contributed by atoms with Gasteiger partial charge in [-0.15, -0.1) is 0 Å². The molecule has 2 aromatic rings. The third-order valence-corrected chi connectivity index (χ3v) is 2.71. The van der Waals surface area contributed by atoms with Gasteiger partial charge in [-0.3, -0.25) is 4.79 Å². The van der Waals surface area contributed by atoms with Gasteiger partial charge in [-0.1, -0.05) is 6.07 Å². The summed E-state index contributed by atoms with van der Waals surface area (Å²) >= 11 is 0. The zero-order chi connectivity index (χ0) is 14.7. The van der Waals surface area contributed by atoms with E-state index in [0.717, 1.165) is 6.07 Å². The molecule has 0 aromatic heterocycles. The van der Waals surface area contributed by atoms with Gasteiger partial charge in [-0.05, 0) is 24.3 Å². The lowest BCUT2D eigenvalue weighted by molar-refractivity contribution is 0.102. The molecular weight excluding hydrogens is 263 g/mol. The lowest BCUT2D eigenvalue weighted by Gasteiger charge is -2.11. The highest BCUT2D eigenvalue weighted by Crippen LogP contribution is 2.26. The average molecular weight is 276 g/mol. The number of nitrogen functional groups attached to an aromatic ring is 1. The fourth-order valence-electron chi connectivity index (χ4n) is 1.74. The van der Waals surface area contributed by atoms with Crippen molar-refractivity contribution in [2.24, 2.45) is 0 Å². The first-order valence-electron chi connectivity index (χ1n) is 5.75. The number of methoxy groups -OCH3 is 1. The molecule has 0 heterocycles. The standard InChI is InChI=1S/C14H13FN2O3/c1-20-12-4-2-3-9(15)13(12)14(19)17-11-6-5-8(18)7-10(11)16/h2-7,18H,16H2,1H3,(H,17,19). The summed E-state index contributed by atoms with van der Waals surface area (Å²) in [5, 5.41) is 11.7. The van der Waals surface area contributed by atoms with Crippen molar-refractivity contribution in [3.05, 3.63) is 47.8 Å². The van der Waals surface area contributed by atoms with Gasteiger partial charge in [0.15, 0.2) is 0 Å². The average Bonchev–Trinajstić information content (AvgIpc) is 2.41. The zero-order valence-electron chi connectivity index (χ0n) is 10.7. The first-order chi connectivity index (χ1) is 9.52. The summed E-state index contributed by atoms with van der Waals surface area (Å²) in [7, 11) is 1.35. The van der Waals surface area contributed by atoms with Gasteiger partial charge in [0.1, 0.15) is 22.9 Å². The van der Waals surface area contributed by atoms with Crippen LogP contribution in [0.4, 0.5) is 15.8 Å². The van der Waals surface area contributed by atoms with Crippen molar-refractivity contribution in [2.45, 2.75) is 0 Å². The number of phenols is 1. The molecule has 0 fully saturated rings. The van der Waals surface area contributed by atoms with Crippen molar-refractivity contribution in [3.63, 3.8) is 0 Å². The van der Waals surface area contributed by atoms with Crippen molar-refractivity contribution in [1.29, 1.82) is 0 Å². The number of carbonyl (C=O) groups excluding carboxylic acids is 1. The van der Waals surface area contributed by atoms with E-state index < -0.39 is 11.7 Å². The van der Waals surface area contributed by atoms with Crippen molar-refractivity contribution in [1.82, 2.24) is 0 Å². The minimum atomic E-state index is -0.695. The van der Waals surface area contributed by atoms with Crippen LogP contribution in [0.2, 0.25) is 0 Å². The van der Waals surface area contributed by atoms with Crippen LogP contribution in [-0.4, -0.2) is 18.1 Å². The molecule has 0 atom stereocenters. The second-order valence-electron chi connectivity index (χ2n) is 4.04. The molecule has 20 heavy (non-hydrogen) atoms. The van der Waals surface area contributed by atoms with Gasteiger partial charge < -0.3 is 20.9 Å². The molecule has 0 aliphatic carbocycles. The highest BCUT2D eigenvalue weighted by atomic mass is 19.1. The summed E-state index contributed by atoms with van der Waals surface area (Å²) < 4.78 is 18.7. The van der Waals surface area contributed by atoms with Crippen LogP contribution in [0.15, 0.2) is 36.4 Å². The topological polar surface area (TPSA) is 84.6 Å². The van der Waals surface area contributed by atoms with E-state index in [1.54, 1.807) is 0 Å². The van der Waals surface area contributed by atoms with Gasteiger partial charge in [-0.2, -0.15) is 0 Å². The Morgan fingerprint density at radius 3 is 2.75 bits per heavy atom. The Balaban J connectivity index is 2.33. The van der Waals surface area contributed by atoms with Gasteiger partial charge in [0.25, 0.3) is 5.91 Å². The van der Waals surface area contributed by atoms with Crippen LogP contribution >= 0.6 is 0 Å². The van der Waals surface area contributed by atoms with E-state index in [4.69, 9.17) is 10.5 Å².